The summed E-state index contributed by atoms with van der Waals surface area (Å²) in [6, 6.07) is 18.9. The van der Waals surface area contributed by atoms with Crippen LogP contribution >= 0.6 is 34.7 Å². The molecule has 32 heavy (non-hydrogen) atoms. The molecule has 0 radical (unpaired) electrons. The van der Waals surface area contributed by atoms with Crippen molar-refractivity contribution in [2.24, 2.45) is 7.05 Å². The third kappa shape index (κ3) is 5.15. The summed E-state index contributed by atoms with van der Waals surface area (Å²) < 4.78 is 7.13. The highest BCUT2D eigenvalue weighted by atomic mass is 35.5. The van der Waals surface area contributed by atoms with Gasteiger partial charge in [-0.1, -0.05) is 59.8 Å². The molecule has 2 aromatic heterocycles. The smallest absolute Gasteiger partial charge is 0.242 e. The van der Waals surface area contributed by atoms with Crippen LogP contribution in [0.2, 0.25) is 5.02 Å². The van der Waals surface area contributed by atoms with Crippen molar-refractivity contribution in [1.29, 1.82) is 0 Å². The number of nitrogens with zero attached hydrogens (tertiary/aromatic N) is 3. The predicted octanol–water partition coefficient (Wildman–Crippen LogP) is 5.60. The van der Waals surface area contributed by atoms with Crippen LogP contribution < -0.4 is 10.1 Å². The van der Waals surface area contributed by atoms with E-state index in [9.17, 15) is 4.79 Å². The number of hydrogen-bond donors (Lipinski definition) is 1. The summed E-state index contributed by atoms with van der Waals surface area (Å²) in [4.78, 5) is 14.5. The molecule has 0 saturated carbocycles. The molecule has 1 amide bonds. The minimum Gasteiger partial charge on any atom is -0.495 e. The highest BCUT2D eigenvalue weighted by Gasteiger charge is 2.25. The fourth-order valence-electron chi connectivity index (χ4n) is 3.13. The molecule has 0 spiro atoms. The van der Waals surface area contributed by atoms with Gasteiger partial charge in [0.1, 0.15) is 16.8 Å². The van der Waals surface area contributed by atoms with Gasteiger partial charge in [0.15, 0.2) is 5.16 Å². The van der Waals surface area contributed by atoms with Gasteiger partial charge < -0.3 is 14.6 Å². The number of carbonyl (C=O) groups is 1. The maximum absolute atomic E-state index is 13.3. The quantitative estimate of drug-likeness (QED) is 0.329. The van der Waals surface area contributed by atoms with Crippen molar-refractivity contribution >= 4 is 46.3 Å². The van der Waals surface area contributed by atoms with Gasteiger partial charge in [0.2, 0.25) is 5.91 Å². The highest BCUT2D eigenvalue weighted by molar-refractivity contribution is 8.00. The Labute approximate surface area is 199 Å². The van der Waals surface area contributed by atoms with Crippen molar-refractivity contribution in [3.05, 3.63) is 87.3 Å². The second-order valence-corrected chi connectivity index (χ2v) is 9.47. The van der Waals surface area contributed by atoms with Crippen LogP contribution in [0.1, 0.15) is 21.5 Å². The molecule has 164 valence electrons. The van der Waals surface area contributed by atoms with Crippen molar-refractivity contribution in [1.82, 2.24) is 14.8 Å². The number of methoxy groups -OCH3 is 1. The van der Waals surface area contributed by atoms with Crippen LogP contribution in [0.25, 0.3) is 0 Å². The number of ether oxygens (including phenoxy) is 1. The number of thiophene rings is 1. The molecule has 4 aromatic rings. The Morgan fingerprint density at radius 2 is 2.00 bits per heavy atom. The second kappa shape index (κ2) is 10.2. The van der Waals surface area contributed by atoms with E-state index in [1.807, 2.05) is 53.4 Å². The lowest BCUT2D eigenvalue weighted by molar-refractivity contribution is -0.115. The lowest BCUT2D eigenvalue weighted by atomic mass is 10.1. The van der Waals surface area contributed by atoms with Gasteiger partial charge in [-0.05, 0) is 35.2 Å². The number of nitrogens with one attached hydrogen (secondary N) is 1. The SMILES string of the molecule is COc1ccc(NC(=O)[C@H](Sc2nnc(Cc3cccs3)n2C)c2ccccc2)cc1Cl. The molecule has 1 N–H and O–H groups in total. The molecule has 0 aliphatic rings. The normalized spacial score (nSPS) is 11.8. The van der Waals surface area contributed by atoms with Gasteiger partial charge in [-0.2, -0.15) is 0 Å². The number of anilines is 1. The molecular weight excluding hydrogens is 464 g/mol. The van der Waals surface area contributed by atoms with Crippen LogP contribution in [-0.2, 0) is 18.3 Å². The number of benzene rings is 2. The number of hydrogen-bond acceptors (Lipinski definition) is 6. The molecule has 0 unspecified atom stereocenters. The molecule has 0 fully saturated rings. The number of thioether (sulfide) groups is 1. The lowest BCUT2D eigenvalue weighted by Crippen LogP contribution is -2.19. The molecule has 0 aliphatic heterocycles. The third-order valence-corrected chi connectivity index (χ3v) is 7.28. The average Bonchev–Trinajstić information content (AvgIpc) is 3.43. The zero-order valence-electron chi connectivity index (χ0n) is 17.5. The summed E-state index contributed by atoms with van der Waals surface area (Å²) in [5.74, 6) is 1.23. The zero-order chi connectivity index (χ0) is 22.5. The largest absolute Gasteiger partial charge is 0.495 e. The number of rotatable bonds is 8. The van der Waals surface area contributed by atoms with Crippen molar-refractivity contribution in [3.63, 3.8) is 0 Å². The highest BCUT2D eigenvalue weighted by Crippen LogP contribution is 2.36. The molecule has 0 saturated heterocycles. The summed E-state index contributed by atoms with van der Waals surface area (Å²) in [5, 5.41) is 14.3. The second-order valence-electron chi connectivity index (χ2n) is 6.96. The van der Waals surface area contributed by atoms with Gasteiger partial charge in [-0.3, -0.25) is 4.79 Å². The average molecular weight is 485 g/mol. The summed E-state index contributed by atoms with van der Waals surface area (Å²) in [6.07, 6.45) is 0.703. The maximum Gasteiger partial charge on any atom is 0.242 e. The predicted molar refractivity (Wildman–Crippen MR) is 130 cm³/mol. The van der Waals surface area contributed by atoms with Crippen LogP contribution in [0, 0.1) is 0 Å². The van der Waals surface area contributed by atoms with Crippen LogP contribution in [0.5, 0.6) is 5.75 Å². The molecule has 1 atom stereocenters. The van der Waals surface area contributed by atoms with Crippen molar-refractivity contribution in [2.45, 2.75) is 16.8 Å². The first-order valence-corrected chi connectivity index (χ1v) is 12.0. The molecule has 2 heterocycles. The van der Waals surface area contributed by atoms with Crippen molar-refractivity contribution in [2.75, 3.05) is 12.4 Å². The van der Waals surface area contributed by atoms with Gasteiger partial charge in [-0.15, -0.1) is 21.5 Å². The zero-order valence-corrected chi connectivity index (χ0v) is 19.9. The van der Waals surface area contributed by atoms with Crippen molar-refractivity contribution in [3.8, 4) is 5.75 Å². The van der Waals surface area contributed by atoms with Crippen LogP contribution in [0.4, 0.5) is 5.69 Å². The first-order valence-electron chi connectivity index (χ1n) is 9.82. The van der Waals surface area contributed by atoms with E-state index in [0.29, 0.717) is 28.0 Å². The van der Waals surface area contributed by atoms with E-state index in [4.69, 9.17) is 16.3 Å². The molecule has 6 nitrogen and oxygen atoms in total. The topological polar surface area (TPSA) is 69.0 Å². The van der Waals surface area contributed by atoms with Gasteiger partial charge >= 0.3 is 0 Å². The monoisotopic (exact) mass is 484 g/mol. The van der Waals surface area contributed by atoms with Gasteiger partial charge in [0.05, 0.1) is 12.1 Å². The lowest BCUT2D eigenvalue weighted by Gasteiger charge is -2.17. The first kappa shape index (κ1) is 22.4. The van der Waals surface area contributed by atoms with E-state index in [2.05, 4.69) is 21.6 Å². The van der Waals surface area contributed by atoms with E-state index in [1.54, 1.807) is 36.6 Å². The fourth-order valence-corrected chi connectivity index (χ4v) is 5.11. The molecule has 2 aromatic carbocycles. The molecule has 0 aliphatic carbocycles. The minimum atomic E-state index is -0.519. The molecule has 9 heteroatoms. The summed E-state index contributed by atoms with van der Waals surface area (Å²) in [7, 11) is 3.48. The van der Waals surface area contributed by atoms with Gasteiger partial charge in [0, 0.05) is 24.0 Å². The minimum absolute atomic E-state index is 0.176. The Morgan fingerprint density at radius 1 is 1.19 bits per heavy atom. The van der Waals surface area contributed by atoms with Crippen molar-refractivity contribution < 1.29 is 9.53 Å². The van der Waals surface area contributed by atoms with E-state index in [-0.39, 0.29) is 5.91 Å². The Balaban J connectivity index is 1.57. The summed E-state index contributed by atoms with van der Waals surface area (Å²) in [5.41, 5.74) is 1.47. The molecule has 4 rings (SSSR count). The number of halogens is 1. The Bertz CT molecular complexity index is 1200. The Kier molecular flexibility index (Phi) is 7.14. The number of aromatic nitrogens is 3. The number of carbonyl (C=O) groups excluding carboxylic acids is 1. The molecule has 0 bridgehead atoms. The van der Waals surface area contributed by atoms with E-state index in [1.165, 1.54) is 16.6 Å². The first-order chi connectivity index (χ1) is 15.5. The maximum atomic E-state index is 13.3. The Morgan fingerprint density at radius 3 is 2.69 bits per heavy atom. The standard InChI is InChI=1S/C23H21ClN4O2S2/c1-28-20(14-17-9-6-12-31-17)26-27-23(28)32-21(15-7-4-3-5-8-15)22(29)25-16-10-11-19(30-2)18(24)13-16/h3-13,21H,14H2,1-2H3,(H,25,29)/t21-/m1/s1. The van der Waals surface area contributed by atoms with Crippen LogP contribution in [-0.4, -0.2) is 27.8 Å². The summed E-state index contributed by atoms with van der Waals surface area (Å²) in [6.45, 7) is 0. The van der Waals surface area contributed by atoms with Gasteiger partial charge in [0.25, 0.3) is 0 Å². The Hall–Kier alpha value is -2.81. The van der Waals surface area contributed by atoms with Crippen LogP contribution in [0.3, 0.4) is 0 Å². The molecular formula is C23H21ClN4O2S2. The fraction of sp³-hybridized carbons (Fsp3) is 0.174. The van der Waals surface area contributed by atoms with Gasteiger partial charge in [-0.25, -0.2) is 0 Å². The van der Waals surface area contributed by atoms with E-state index >= 15 is 0 Å². The third-order valence-electron chi connectivity index (χ3n) is 4.82. The number of amides is 1. The van der Waals surface area contributed by atoms with E-state index in [0.717, 1.165) is 11.4 Å². The van der Waals surface area contributed by atoms with Crippen LogP contribution in [0.15, 0.2) is 71.2 Å². The summed E-state index contributed by atoms with van der Waals surface area (Å²) >= 11 is 9.27. The van der Waals surface area contributed by atoms with E-state index < -0.39 is 5.25 Å².